The first kappa shape index (κ1) is 29.4. The third kappa shape index (κ3) is 4.76. The second-order valence-corrected chi connectivity index (χ2v) is 12.6. The number of likely N-dealkylation sites (tertiary alicyclic amines) is 1. The summed E-state index contributed by atoms with van der Waals surface area (Å²) in [6.07, 6.45) is 4.84. The molecule has 3 rings (SSSR count). The largest absolute Gasteiger partial charge is 0.465 e. The van der Waals surface area contributed by atoms with Gasteiger partial charge in [0.15, 0.2) is 0 Å². The fourth-order valence-corrected chi connectivity index (χ4v) is 6.83. The number of hydrogen-bond acceptors (Lipinski definition) is 6. The number of carbonyl (C=O) groups is 3. The monoisotopic (exact) mass is 518 g/mol. The summed E-state index contributed by atoms with van der Waals surface area (Å²) >= 11 is 0. The van der Waals surface area contributed by atoms with Crippen LogP contribution in [0, 0.1) is 23.7 Å². The highest BCUT2D eigenvalue weighted by molar-refractivity contribution is 5.99. The van der Waals surface area contributed by atoms with Crippen molar-refractivity contribution in [1.82, 2.24) is 9.80 Å². The third-order valence-corrected chi connectivity index (χ3v) is 8.54. The van der Waals surface area contributed by atoms with E-state index < -0.39 is 46.6 Å². The number of hydrogen-bond donors (Lipinski definition) is 1. The second-order valence-electron chi connectivity index (χ2n) is 12.6. The number of ether oxygens (including phenoxy) is 2. The van der Waals surface area contributed by atoms with Crippen molar-refractivity contribution in [2.24, 2.45) is 23.7 Å². The lowest BCUT2D eigenvalue weighted by Crippen LogP contribution is -2.61. The van der Waals surface area contributed by atoms with Gasteiger partial charge in [0.25, 0.3) is 0 Å². The normalized spacial score (nSPS) is 33.4. The van der Waals surface area contributed by atoms with Crippen molar-refractivity contribution in [2.45, 2.75) is 96.6 Å². The zero-order chi connectivity index (χ0) is 27.9. The summed E-state index contributed by atoms with van der Waals surface area (Å²) < 4.78 is 12.3. The van der Waals surface area contributed by atoms with Crippen LogP contribution in [-0.2, 0) is 23.9 Å². The second kappa shape index (κ2) is 10.5. The van der Waals surface area contributed by atoms with Crippen LogP contribution in [0.3, 0.4) is 0 Å². The van der Waals surface area contributed by atoms with E-state index in [1.54, 1.807) is 22.0 Å². The molecule has 3 aliphatic heterocycles. The lowest BCUT2D eigenvalue weighted by molar-refractivity contribution is -0.164. The Morgan fingerprint density at radius 3 is 2.46 bits per heavy atom. The number of esters is 1. The van der Waals surface area contributed by atoms with Crippen LogP contribution in [0.15, 0.2) is 25.3 Å². The first-order chi connectivity index (χ1) is 17.2. The number of amides is 2. The van der Waals surface area contributed by atoms with E-state index in [1.807, 2.05) is 48.5 Å². The van der Waals surface area contributed by atoms with Crippen LogP contribution in [-0.4, -0.2) is 81.3 Å². The Hall–Kier alpha value is -2.19. The number of aliphatic hydroxyl groups excluding tert-OH is 1. The zero-order valence-electron chi connectivity index (χ0n) is 23.7. The van der Waals surface area contributed by atoms with Gasteiger partial charge in [0.2, 0.25) is 11.8 Å². The van der Waals surface area contributed by atoms with Crippen LogP contribution in [0.4, 0.5) is 0 Å². The molecule has 3 aliphatic rings. The van der Waals surface area contributed by atoms with Gasteiger partial charge in [-0.15, -0.1) is 13.2 Å². The molecule has 3 unspecified atom stereocenters. The van der Waals surface area contributed by atoms with Gasteiger partial charge in [0, 0.05) is 12.1 Å². The summed E-state index contributed by atoms with van der Waals surface area (Å²) in [5.74, 6) is -2.63. The molecule has 0 aliphatic carbocycles. The van der Waals surface area contributed by atoms with Crippen molar-refractivity contribution in [2.75, 3.05) is 19.8 Å². The lowest BCUT2D eigenvalue weighted by Gasteiger charge is -2.43. The Kier molecular flexibility index (Phi) is 8.35. The van der Waals surface area contributed by atoms with E-state index in [0.29, 0.717) is 25.8 Å². The van der Waals surface area contributed by atoms with Crippen molar-refractivity contribution >= 4 is 17.8 Å². The van der Waals surface area contributed by atoms with Crippen LogP contribution in [0.25, 0.3) is 0 Å². The minimum Gasteiger partial charge on any atom is -0.465 e. The fraction of sp³-hybridized carbons (Fsp3) is 0.759. The van der Waals surface area contributed by atoms with Crippen LogP contribution in [0.2, 0.25) is 0 Å². The Bertz CT molecular complexity index is 926. The molecule has 2 bridgehead atoms. The van der Waals surface area contributed by atoms with E-state index in [-0.39, 0.29) is 36.9 Å². The van der Waals surface area contributed by atoms with E-state index in [9.17, 15) is 19.5 Å². The SMILES string of the molecule is C=CCCOC(=O)[C@H]1[C@H]2C(=O)N([C@@H](CO)CC(C)C)C(C(=O)N(CC=C)C(C)(C)C)C23CC(C)[C@]1(C)O3. The first-order valence-electron chi connectivity index (χ1n) is 13.5. The molecule has 8 heteroatoms. The Labute approximate surface area is 222 Å². The highest BCUT2D eigenvalue weighted by Gasteiger charge is 2.80. The van der Waals surface area contributed by atoms with Crippen LogP contribution in [0.1, 0.15) is 67.7 Å². The van der Waals surface area contributed by atoms with E-state index >= 15 is 0 Å². The summed E-state index contributed by atoms with van der Waals surface area (Å²) in [7, 11) is 0. The molecule has 0 saturated carbocycles. The molecular formula is C29H46N2O6. The topological polar surface area (TPSA) is 96.4 Å². The maximum Gasteiger partial charge on any atom is 0.312 e. The Balaban J connectivity index is 2.17. The van der Waals surface area contributed by atoms with E-state index in [0.717, 1.165) is 0 Å². The van der Waals surface area contributed by atoms with Gasteiger partial charge in [-0.1, -0.05) is 32.9 Å². The average Bonchev–Trinajstić information content (AvgIpc) is 3.31. The third-order valence-electron chi connectivity index (χ3n) is 8.54. The maximum atomic E-state index is 14.5. The molecule has 0 radical (unpaired) electrons. The predicted molar refractivity (Wildman–Crippen MR) is 141 cm³/mol. The zero-order valence-corrected chi connectivity index (χ0v) is 23.7. The number of aliphatic hydroxyl groups is 1. The van der Waals surface area contributed by atoms with E-state index in [2.05, 4.69) is 13.2 Å². The van der Waals surface area contributed by atoms with Crippen LogP contribution >= 0.6 is 0 Å². The Morgan fingerprint density at radius 2 is 1.95 bits per heavy atom. The van der Waals surface area contributed by atoms with Crippen LogP contribution in [0.5, 0.6) is 0 Å². The molecule has 37 heavy (non-hydrogen) atoms. The van der Waals surface area contributed by atoms with Crippen molar-refractivity contribution in [3.05, 3.63) is 25.3 Å². The van der Waals surface area contributed by atoms with Gasteiger partial charge in [-0.05, 0) is 58.8 Å². The lowest BCUT2D eigenvalue weighted by atomic mass is 9.62. The smallest absolute Gasteiger partial charge is 0.312 e. The van der Waals surface area contributed by atoms with Gasteiger partial charge in [0.1, 0.15) is 17.6 Å². The molecule has 7 atom stereocenters. The van der Waals surface area contributed by atoms with Crippen molar-refractivity contribution in [3.63, 3.8) is 0 Å². The van der Waals surface area contributed by atoms with Gasteiger partial charge in [0.05, 0.1) is 30.8 Å². The highest BCUT2D eigenvalue weighted by Crippen LogP contribution is 2.65. The molecule has 0 aromatic heterocycles. The molecule has 8 nitrogen and oxygen atoms in total. The van der Waals surface area contributed by atoms with Gasteiger partial charge in [-0.3, -0.25) is 14.4 Å². The molecule has 1 N–H and O–H groups in total. The summed E-state index contributed by atoms with van der Waals surface area (Å²) in [5.41, 5.74) is -2.66. The van der Waals surface area contributed by atoms with Gasteiger partial charge < -0.3 is 24.4 Å². The molecule has 2 amide bonds. The predicted octanol–water partition coefficient (Wildman–Crippen LogP) is 3.34. The Morgan fingerprint density at radius 1 is 1.30 bits per heavy atom. The molecule has 3 fully saturated rings. The average molecular weight is 519 g/mol. The number of carbonyl (C=O) groups excluding carboxylic acids is 3. The standard InChI is InChI=1S/C29H46N2O6/c1-10-12-14-36-26(35)22-21-24(33)31(20(17-32)15-18(3)4)23(25(34)30(13-11-2)27(6,7)8)29(21)16-19(5)28(22,9)37-29/h10-11,18-23,32H,1-2,12-17H2,3-9H3/t19?,20-,21+,22-,23?,28+,29?/m1/s1. The summed E-state index contributed by atoms with van der Waals surface area (Å²) in [5, 5.41) is 10.4. The van der Waals surface area contributed by atoms with Gasteiger partial charge >= 0.3 is 5.97 Å². The fourth-order valence-electron chi connectivity index (χ4n) is 6.83. The summed E-state index contributed by atoms with van der Waals surface area (Å²) in [6, 6.07) is -1.54. The highest BCUT2D eigenvalue weighted by atomic mass is 16.6. The molecule has 208 valence electrons. The molecule has 0 aromatic carbocycles. The quantitative estimate of drug-likeness (QED) is 0.256. The van der Waals surface area contributed by atoms with Gasteiger partial charge in [-0.25, -0.2) is 0 Å². The van der Waals surface area contributed by atoms with E-state index in [1.165, 1.54) is 0 Å². The van der Waals surface area contributed by atoms with E-state index in [4.69, 9.17) is 9.47 Å². The number of nitrogens with zero attached hydrogens (tertiary/aromatic N) is 2. The first-order valence-corrected chi connectivity index (χ1v) is 13.5. The minimum atomic E-state index is -1.18. The number of fused-ring (bicyclic) bond motifs is 1. The summed E-state index contributed by atoms with van der Waals surface area (Å²) in [4.78, 5) is 45.5. The summed E-state index contributed by atoms with van der Waals surface area (Å²) in [6.45, 7) is 21.4. The van der Waals surface area contributed by atoms with Crippen LogP contribution < -0.4 is 0 Å². The van der Waals surface area contributed by atoms with Crippen molar-refractivity contribution in [3.8, 4) is 0 Å². The van der Waals surface area contributed by atoms with Crippen molar-refractivity contribution < 1.29 is 29.0 Å². The van der Waals surface area contributed by atoms with Gasteiger partial charge in [-0.2, -0.15) is 0 Å². The molecular weight excluding hydrogens is 472 g/mol. The minimum absolute atomic E-state index is 0.0797. The van der Waals surface area contributed by atoms with Crippen molar-refractivity contribution in [1.29, 1.82) is 0 Å². The molecule has 0 aromatic rings. The number of rotatable bonds is 11. The molecule has 3 heterocycles. The maximum absolute atomic E-state index is 14.5. The molecule has 1 spiro atoms. The molecule has 3 saturated heterocycles.